The maximum Gasteiger partial charge on any atom is 0.214 e. The number of anilines is 1. The predicted molar refractivity (Wildman–Crippen MR) is 109 cm³/mol. The molecule has 2 aromatic carbocycles. The van der Waals surface area contributed by atoms with E-state index < -0.39 is 0 Å². The Balaban J connectivity index is 1.84. The topological polar surface area (TPSA) is 62.2 Å². The summed E-state index contributed by atoms with van der Waals surface area (Å²) in [5.41, 5.74) is 5.27. The predicted octanol–water partition coefficient (Wildman–Crippen LogP) is 4.84. The van der Waals surface area contributed by atoms with Crippen molar-refractivity contribution in [2.24, 2.45) is 0 Å². The van der Waals surface area contributed by atoms with Gasteiger partial charge in [0.25, 0.3) is 0 Å². The van der Waals surface area contributed by atoms with E-state index in [0.29, 0.717) is 0 Å². The van der Waals surface area contributed by atoms with Gasteiger partial charge in [-0.25, -0.2) is 0 Å². The molecule has 5 nitrogen and oxygen atoms in total. The highest BCUT2D eigenvalue weighted by molar-refractivity contribution is 5.84. The van der Waals surface area contributed by atoms with E-state index in [9.17, 15) is 10.1 Å². The number of aromatic amines is 1. The zero-order valence-electron chi connectivity index (χ0n) is 15.8. The second-order valence-corrected chi connectivity index (χ2v) is 7.66. The third-order valence-electron chi connectivity index (χ3n) is 5.67. The molecule has 27 heavy (non-hydrogen) atoms. The summed E-state index contributed by atoms with van der Waals surface area (Å²) >= 11 is 0. The Morgan fingerprint density at radius 2 is 1.89 bits per heavy atom. The molecule has 1 aromatic heterocycles. The van der Waals surface area contributed by atoms with Gasteiger partial charge < -0.3 is 9.88 Å². The lowest BCUT2D eigenvalue weighted by Crippen LogP contribution is -2.24. The van der Waals surface area contributed by atoms with Crippen LogP contribution < -0.4 is 4.90 Å². The van der Waals surface area contributed by atoms with Gasteiger partial charge in [0.15, 0.2) is 0 Å². The standard InChI is InChI=1S/C22H23N3O2/c1-22(2)18-9-5-7-11-20(18)24(3)21(22)12-15(14-25(26)27)17-13-23-19-10-6-4-8-16(17)19/h4-13,15,23H,14H2,1-3H3. The van der Waals surface area contributed by atoms with E-state index >= 15 is 0 Å². The Bertz CT molecular complexity index is 1050. The first kappa shape index (κ1) is 17.3. The molecule has 2 heterocycles. The number of aromatic nitrogens is 1. The number of H-pyrrole nitrogens is 1. The lowest BCUT2D eigenvalue weighted by atomic mass is 9.82. The highest BCUT2D eigenvalue weighted by Crippen LogP contribution is 2.47. The molecule has 0 radical (unpaired) electrons. The van der Waals surface area contributed by atoms with Crippen LogP contribution in [0, 0.1) is 10.1 Å². The number of hydrogen-bond acceptors (Lipinski definition) is 3. The summed E-state index contributed by atoms with van der Waals surface area (Å²) in [6.07, 6.45) is 3.99. The number of likely N-dealkylation sites (N-methyl/N-ethyl adjacent to an activating group) is 1. The normalized spacial score (nSPS) is 18.0. The zero-order valence-corrected chi connectivity index (χ0v) is 15.8. The number of rotatable bonds is 4. The summed E-state index contributed by atoms with van der Waals surface area (Å²) in [6, 6.07) is 16.3. The Kier molecular flexibility index (Phi) is 4.02. The zero-order chi connectivity index (χ0) is 19.2. The SMILES string of the molecule is CN1C(=CC(C[N+](=O)[O-])c2c[nH]c3ccccc23)C(C)(C)c2ccccc21. The Morgan fingerprint density at radius 1 is 1.19 bits per heavy atom. The van der Waals surface area contributed by atoms with Crippen molar-refractivity contribution in [3.05, 3.63) is 87.7 Å². The minimum Gasteiger partial charge on any atom is -0.361 e. The van der Waals surface area contributed by atoms with Crippen molar-refractivity contribution >= 4 is 16.6 Å². The van der Waals surface area contributed by atoms with Crippen molar-refractivity contribution < 1.29 is 4.92 Å². The van der Waals surface area contributed by atoms with Gasteiger partial charge in [0.1, 0.15) is 0 Å². The maximum absolute atomic E-state index is 11.4. The van der Waals surface area contributed by atoms with E-state index in [0.717, 1.165) is 27.9 Å². The smallest absolute Gasteiger partial charge is 0.214 e. The molecule has 3 aromatic rings. The average Bonchev–Trinajstić information content (AvgIpc) is 3.15. The van der Waals surface area contributed by atoms with Gasteiger partial charge in [-0.15, -0.1) is 0 Å². The third kappa shape index (κ3) is 2.79. The lowest BCUT2D eigenvalue weighted by molar-refractivity contribution is -0.481. The first-order valence-electron chi connectivity index (χ1n) is 9.13. The molecule has 0 fully saturated rings. The van der Waals surface area contributed by atoms with Crippen LogP contribution in [0.3, 0.4) is 0 Å². The van der Waals surface area contributed by atoms with Crippen molar-refractivity contribution in [1.82, 2.24) is 4.98 Å². The Morgan fingerprint density at radius 3 is 2.63 bits per heavy atom. The first-order chi connectivity index (χ1) is 12.9. The van der Waals surface area contributed by atoms with Crippen LogP contribution in [0.25, 0.3) is 10.9 Å². The van der Waals surface area contributed by atoms with Crippen LogP contribution in [0.2, 0.25) is 0 Å². The monoisotopic (exact) mass is 361 g/mol. The molecular formula is C22H23N3O2. The number of nitrogens with one attached hydrogen (secondary N) is 1. The quantitative estimate of drug-likeness (QED) is 0.534. The number of hydrogen-bond donors (Lipinski definition) is 1. The number of fused-ring (bicyclic) bond motifs is 2. The summed E-state index contributed by atoms with van der Waals surface area (Å²) in [6.45, 7) is 4.23. The van der Waals surface area contributed by atoms with E-state index in [4.69, 9.17) is 0 Å². The van der Waals surface area contributed by atoms with Crippen LogP contribution in [-0.4, -0.2) is 23.5 Å². The number of benzene rings is 2. The molecule has 0 saturated carbocycles. The third-order valence-corrected chi connectivity index (χ3v) is 5.67. The van der Waals surface area contributed by atoms with Gasteiger partial charge in [0.05, 0.1) is 5.92 Å². The van der Waals surface area contributed by atoms with Gasteiger partial charge in [-0.2, -0.15) is 0 Å². The molecule has 4 rings (SSSR count). The van der Waals surface area contributed by atoms with Gasteiger partial charge >= 0.3 is 0 Å². The number of nitro groups is 1. The molecule has 0 aliphatic carbocycles. The fourth-order valence-electron chi connectivity index (χ4n) is 4.29. The van der Waals surface area contributed by atoms with Crippen LogP contribution in [0.4, 0.5) is 5.69 Å². The van der Waals surface area contributed by atoms with Crippen LogP contribution >= 0.6 is 0 Å². The second kappa shape index (κ2) is 6.27. The number of allylic oxidation sites excluding steroid dienone is 1. The second-order valence-electron chi connectivity index (χ2n) is 7.66. The maximum atomic E-state index is 11.4. The van der Waals surface area contributed by atoms with Crippen molar-refractivity contribution in [2.75, 3.05) is 18.5 Å². The molecule has 1 unspecified atom stereocenters. The Hall–Kier alpha value is -3.08. The van der Waals surface area contributed by atoms with E-state index in [1.165, 1.54) is 5.56 Å². The van der Waals surface area contributed by atoms with Gasteiger partial charge in [-0.05, 0) is 29.3 Å². The molecule has 1 N–H and O–H groups in total. The minimum absolute atomic E-state index is 0.133. The highest BCUT2D eigenvalue weighted by Gasteiger charge is 2.39. The minimum atomic E-state index is -0.304. The van der Waals surface area contributed by atoms with E-state index in [1.807, 2.05) is 49.6 Å². The fourth-order valence-corrected chi connectivity index (χ4v) is 4.29. The van der Waals surface area contributed by atoms with Crippen molar-refractivity contribution in [1.29, 1.82) is 0 Å². The molecule has 1 atom stereocenters. The number of para-hydroxylation sites is 2. The van der Waals surface area contributed by atoms with E-state index in [1.54, 1.807) is 0 Å². The summed E-state index contributed by atoms with van der Waals surface area (Å²) in [5.74, 6) is -0.304. The van der Waals surface area contributed by atoms with Crippen LogP contribution in [0.5, 0.6) is 0 Å². The molecule has 1 aliphatic heterocycles. The molecular weight excluding hydrogens is 338 g/mol. The summed E-state index contributed by atoms with van der Waals surface area (Å²) < 4.78 is 0. The van der Waals surface area contributed by atoms with Crippen molar-refractivity contribution in [3.8, 4) is 0 Å². The first-order valence-corrected chi connectivity index (χ1v) is 9.13. The van der Waals surface area contributed by atoms with E-state index in [2.05, 4.69) is 41.9 Å². The molecule has 0 saturated heterocycles. The molecule has 0 spiro atoms. The highest BCUT2D eigenvalue weighted by atomic mass is 16.6. The van der Waals surface area contributed by atoms with Gasteiger partial charge in [-0.3, -0.25) is 10.1 Å². The van der Waals surface area contributed by atoms with Crippen molar-refractivity contribution in [2.45, 2.75) is 25.2 Å². The number of nitrogens with zero attached hydrogens (tertiary/aromatic N) is 2. The Labute approximate surface area is 158 Å². The summed E-state index contributed by atoms with van der Waals surface area (Å²) in [5, 5.41) is 12.5. The van der Waals surface area contributed by atoms with Gasteiger partial charge in [0, 0.05) is 45.9 Å². The molecule has 138 valence electrons. The van der Waals surface area contributed by atoms with Gasteiger partial charge in [-0.1, -0.05) is 50.2 Å². The summed E-state index contributed by atoms with van der Waals surface area (Å²) in [7, 11) is 2.04. The van der Waals surface area contributed by atoms with Crippen LogP contribution in [0.15, 0.2) is 66.5 Å². The van der Waals surface area contributed by atoms with Crippen molar-refractivity contribution in [3.63, 3.8) is 0 Å². The molecule has 0 amide bonds. The fraction of sp³-hybridized carbons (Fsp3) is 0.273. The molecule has 1 aliphatic rings. The van der Waals surface area contributed by atoms with E-state index in [-0.39, 0.29) is 22.8 Å². The van der Waals surface area contributed by atoms with Crippen LogP contribution in [0.1, 0.15) is 30.9 Å². The molecule has 0 bridgehead atoms. The van der Waals surface area contributed by atoms with Crippen LogP contribution in [-0.2, 0) is 5.41 Å². The summed E-state index contributed by atoms with van der Waals surface area (Å²) in [4.78, 5) is 16.6. The largest absolute Gasteiger partial charge is 0.361 e. The molecule has 5 heteroatoms. The lowest BCUT2D eigenvalue weighted by Gasteiger charge is -2.25. The average molecular weight is 361 g/mol. The van der Waals surface area contributed by atoms with Gasteiger partial charge in [0.2, 0.25) is 6.54 Å².